The van der Waals surface area contributed by atoms with E-state index in [0.717, 1.165) is 16.5 Å². The van der Waals surface area contributed by atoms with Crippen molar-refractivity contribution in [3.63, 3.8) is 0 Å². The van der Waals surface area contributed by atoms with E-state index in [2.05, 4.69) is 37.1 Å². The third-order valence-electron chi connectivity index (χ3n) is 5.27. The molecule has 1 aliphatic rings. The molecule has 2 rings (SSSR count). The Morgan fingerprint density at radius 2 is 1.95 bits per heavy atom. The van der Waals surface area contributed by atoms with E-state index < -0.39 is 0 Å². The van der Waals surface area contributed by atoms with Crippen LogP contribution in [0.15, 0.2) is 18.2 Å². The highest BCUT2D eigenvalue weighted by Gasteiger charge is 2.27. The average Bonchev–Trinajstić information content (AvgIpc) is 2.51. The zero-order valence-corrected chi connectivity index (χ0v) is 14.4. The van der Waals surface area contributed by atoms with Crippen LogP contribution in [0.4, 0.5) is 0 Å². The summed E-state index contributed by atoms with van der Waals surface area (Å²) < 4.78 is 0. The molecule has 0 saturated heterocycles. The van der Waals surface area contributed by atoms with Crippen molar-refractivity contribution in [2.24, 2.45) is 11.7 Å². The summed E-state index contributed by atoms with van der Waals surface area (Å²) in [6.07, 6.45) is 6.63. The minimum Gasteiger partial charge on any atom is -0.329 e. The molecule has 0 spiro atoms. The second-order valence-electron chi connectivity index (χ2n) is 6.51. The Bertz CT molecular complexity index is 453. The third kappa shape index (κ3) is 4.00. The topological polar surface area (TPSA) is 29.3 Å². The van der Waals surface area contributed by atoms with Crippen molar-refractivity contribution in [3.05, 3.63) is 34.3 Å². The van der Waals surface area contributed by atoms with Crippen LogP contribution in [0.1, 0.15) is 56.2 Å². The molecular formula is C18H29ClN2. The van der Waals surface area contributed by atoms with Gasteiger partial charge in [-0.05, 0) is 62.8 Å². The first-order chi connectivity index (χ1) is 10.1. The van der Waals surface area contributed by atoms with Crippen molar-refractivity contribution in [2.45, 2.75) is 58.0 Å². The Hall–Kier alpha value is -0.570. The van der Waals surface area contributed by atoms with Crippen molar-refractivity contribution < 1.29 is 0 Å². The minimum absolute atomic E-state index is 0.270. The lowest BCUT2D eigenvalue weighted by Gasteiger charge is -2.39. The minimum atomic E-state index is 0.270. The van der Waals surface area contributed by atoms with E-state index in [1.165, 1.54) is 37.7 Å². The zero-order chi connectivity index (χ0) is 15.4. The Labute approximate surface area is 134 Å². The van der Waals surface area contributed by atoms with E-state index in [-0.39, 0.29) is 6.04 Å². The van der Waals surface area contributed by atoms with Crippen molar-refractivity contribution in [1.82, 2.24) is 4.90 Å². The fourth-order valence-electron chi connectivity index (χ4n) is 3.57. The first-order valence-corrected chi connectivity index (χ1v) is 8.62. The number of benzene rings is 1. The lowest BCUT2D eigenvalue weighted by atomic mass is 9.83. The van der Waals surface area contributed by atoms with Gasteiger partial charge < -0.3 is 5.73 Å². The molecule has 1 aromatic rings. The van der Waals surface area contributed by atoms with Crippen LogP contribution in [0, 0.1) is 12.8 Å². The van der Waals surface area contributed by atoms with Crippen LogP contribution in [-0.2, 0) is 0 Å². The normalized spacial score (nSPS) is 24.3. The van der Waals surface area contributed by atoms with Crippen LogP contribution >= 0.6 is 11.6 Å². The van der Waals surface area contributed by atoms with Crippen LogP contribution in [0.2, 0.25) is 5.02 Å². The van der Waals surface area contributed by atoms with E-state index in [1.54, 1.807) is 0 Å². The maximum absolute atomic E-state index is 6.28. The molecule has 3 heteroatoms. The van der Waals surface area contributed by atoms with Crippen molar-refractivity contribution in [2.75, 3.05) is 13.6 Å². The quantitative estimate of drug-likeness (QED) is 0.864. The molecular weight excluding hydrogens is 280 g/mol. The number of likely N-dealkylation sites (N-methyl/N-ethyl adjacent to an activating group) is 1. The van der Waals surface area contributed by atoms with E-state index in [9.17, 15) is 0 Å². The highest BCUT2D eigenvalue weighted by Crippen LogP contribution is 2.33. The fourth-order valence-corrected chi connectivity index (χ4v) is 3.76. The van der Waals surface area contributed by atoms with E-state index in [0.29, 0.717) is 12.6 Å². The molecule has 21 heavy (non-hydrogen) atoms. The van der Waals surface area contributed by atoms with Crippen LogP contribution in [0.5, 0.6) is 0 Å². The summed E-state index contributed by atoms with van der Waals surface area (Å²) in [6, 6.07) is 7.28. The number of hydrogen-bond acceptors (Lipinski definition) is 2. The number of hydrogen-bond donors (Lipinski definition) is 1. The van der Waals surface area contributed by atoms with Gasteiger partial charge in [0.05, 0.1) is 0 Å². The molecule has 1 unspecified atom stereocenters. The van der Waals surface area contributed by atoms with E-state index in [4.69, 9.17) is 17.3 Å². The van der Waals surface area contributed by atoms with Gasteiger partial charge in [-0.2, -0.15) is 0 Å². The molecule has 2 nitrogen and oxygen atoms in total. The molecule has 1 fully saturated rings. The Kier molecular flexibility index (Phi) is 6.09. The first-order valence-electron chi connectivity index (χ1n) is 8.24. The summed E-state index contributed by atoms with van der Waals surface area (Å²) in [5.41, 5.74) is 8.44. The highest BCUT2D eigenvalue weighted by molar-refractivity contribution is 6.31. The molecule has 1 saturated carbocycles. The standard InChI is InChI=1S/C18H29ClN2/c1-4-14-6-9-16(10-7-14)21(3)18(12-20)15-8-5-13(2)17(19)11-15/h5,8,11,14,16,18H,4,6-7,9-10,12,20H2,1-3H3. The van der Waals surface area contributed by atoms with Gasteiger partial charge in [-0.3, -0.25) is 4.90 Å². The van der Waals surface area contributed by atoms with Gasteiger partial charge in [-0.15, -0.1) is 0 Å². The number of nitrogens with two attached hydrogens (primary N) is 1. The van der Waals surface area contributed by atoms with Gasteiger partial charge in [-0.25, -0.2) is 0 Å². The van der Waals surface area contributed by atoms with Gasteiger partial charge in [0, 0.05) is 23.7 Å². The summed E-state index contributed by atoms with van der Waals surface area (Å²) in [5.74, 6) is 0.930. The molecule has 1 atom stereocenters. The van der Waals surface area contributed by atoms with Gasteiger partial charge in [0.15, 0.2) is 0 Å². The zero-order valence-electron chi connectivity index (χ0n) is 13.6. The van der Waals surface area contributed by atoms with Crippen LogP contribution in [0.3, 0.4) is 0 Å². The second kappa shape index (κ2) is 7.62. The Balaban J connectivity index is 2.08. The highest BCUT2D eigenvalue weighted by atomic mass is 35.5. The van der Waals surface area contributed by atoms with Crippen molar-refractivity contribution >= 4 is 11.6 Å². The van der Waals surface area contributed by atoms with Gasteiger partial charge >= 0.3 is 0 Å². The third-order valence-corrected chi connectivity index (χ3v) is 5.67. The summed E-state index contributed by atoms with van der Waals surface area (Å²) in [6.45, 7) is 4.99. The Morgan fingerprint density at radius 1 is 1.29 bits per heavy atom. The average molecular weight is 309 g/mol. The molecule has 0 aromatic heterocycles. The monoisotopic (exact) mass is 308 g/mol. The number of aryl methyl sites for hydroxylation is 1. The van der Waals surface area contributed by atoms with Crippen molar-refractivity contribution in [1.29, 1.82) is 0 Å². The predicted octanol–water partition coefficient (Wildman–Crippen LogP) is 4.55. The van der Waals surface area contributed by atoms with Gasteiger partial charge in [0.1, 0.15) is 0 Å². The Morgan fingerprint density at radius 3 is 2.48 bits per heavy atom. The van der Waals surface area contributed by atoms with Gasteiger partial charge in [0.25, 0.3) is 0 Å². The maximum atomic E-state index is 6.28. The lowest BCUT2D eigenvalue weighted by molar-refractivity contribution is 0.122. The molecule has 0 amide bonds. The first kappa shape index (κ1) is 16.8. The van der Waals surface area contributed by atoms with E-state index >= 15 is 0 Å². The van der Waals surface area contributed by atoms with Crippen LogP contribution in [-0.4, -0.2) is 24.5 Å². The SMILES string of the molecule is CCC1CCC(N(C)C(CN)c2ccc(C)c(Cl)c2)CC1. The number of halogens is 1. The molecule has 118 valence electrons. The molecule has 0 bridgehead atoms. The largest absolute Gasteiger partial charge is 0.329 e. The molecule has 1 aromatic carbocycles. The smallest absolute Gasteiger partial charge is 0.0470 e. The predicted molar refractivity (Wildman–Crippen MR) is 91.8 cm³/mol. The summed E-state index contributed by atoms with van der Waals surface area (Å²) in [5, 5.41) is 0.842. The molecule has 2 N–H and O–H groups in total. The maximum Gasteiger partial charge on any atom is 0.0470 e. The van der Waals surface area contributed by atoms with Gasteiger partial charge in [-0.1, -0.05) is 37.1 Å². The summed E-state index contributed by atoms with van der Waals surface area (Å²) in [4.78, 5) is 2.48. The second-order valence-corrected chi connectivity index (χ2v) is 6.92. The molecule has 0 aliphatic heterocycles. The lowest BCUT2D eigenvalue weighted by Crippen LogP contribution is -2.40. The number of rotatable bonds is 5. The summed E-state index contributed by atoms with van der Waals surface area (Å²) >= 11 is 6.28. The number of nitrogens with zero attached hydrogens (tertiary/aromatic N) is 1. The molecule has 1 aliphatic carbocycles. The molecule has 0 heterocycles. The summed E-state index contributed by atoms with van der Waals surface area (Å²) in [7, 11) is 2.22. The van der Waals surface area contributed by atoms with Crippen LogP contribution < -0.4 is 5.73 Å². The van der Waals surface area contributed by atoms with Crippen molar-refractivity contribution in [3.8, 4) is 0 Å². The van der Waals surface area contributed by atoms with E-state index in [1.807, 2.05) is 6.92 Å². The molecule has 0 radical (unpaired) electrons. The van der Waals surface area contributed by atoms with Gasteiger partial charge in [0.2, 0.25) is 0 Å². The van der Waals surface area contributed by atoms with Crippen LogP contribution in [0.25, 0.3) is 0 Å². The fraction of sp³-hybridized carbons (Fsp3) is 0.667.